The summed E-state index contributed by atoms with van der Waals surface area (Å²) in [4.78, 5) is 15.7. The van der Waals surface area contributed by atoms with E-state index in [9.17, 15) is 4.79 Å². The van der Waals surface area contributed by atoms with Crippen molar-refractivity contribution in [1.29, 1.82) is 0 Å². The van der Waals surface area contributed by atoms with Gasteiger partial charge in [-0.05, 0) is 23.8 Å². The second-order valence-electron chi connectivity index (χ2n) is 6.75. The van der Waals surface area contributed by atoms with Gasteiger partial charge < -0.3 is 24.6 Å². The summed E-state index contributed by atoms with van der Waals surface area (Å²) in [5.41, 5.74) is 2.36. The van der Waals surface area contributed by atoms with E-state index in [2.05, 4.69) is 17.4 Å². The third kappa shape index (κ3) is 3.91. The molecule has 1 saturated heterocycles. The maximum atomic E-state index is 12.3. The highest BCUT2D eigenvalue weighted by atomic mass is 16.7. The van der Waals surface area contributed by atoms with Crippen LogP contribution in [-0.4, -0.2) is 43.9 Å². The smallest absolute Gasteiger partial charge is 0.318 e. The minimum Gasteiger partial charge on any atom is -0.454 e. The average Bonchev–Trinajstić information content (AvgIpc) is 3.15. The number of nitrogens with one attached hydrogen (secondary N) is 2. The number of quaternary nitrogens is 1. The molecule has 6 heteroatoms. The molecule has 2 amide bonds. The molecule has 2 aromatic rings. The standard InChI is InChI=1S/C20H23N3O3/c24-20(21-13-16-4-2-1-3-5-16)23-10-8-22(9-11-23)14-17-6-7-18-19(12-17)26-15-25-18/h1-7,12H,8-11,13-15H2,(H,21,24)/p+1. The van der Waals surface area contributed by atoms with Crippen molar-refractivity contribution in [2.75, 3.05) is 33.0 Å². The molecule has 4 rings (SSSR count). The summed E-state index contributed by atoms with van der Waals surface area (Å²) in [6.07, 6.45) is 0. The molecule has 2 N–H and O–H groups in total. The Morgan fingerprint density at radius 3 is 2.58 bits per heavy atom. The minimum atomic E-state index is 0.0241. The van der Waals surface area contributed by atoms with Gasteiger partial charge in [0.25, 0.3) is 0 Å². The van der Waals surface area contributed by atoms with E-state index in [1.165, 1.54) is 10.5 Å². The Kier molecular flexibility index (Phi) is 4.93. The highest BCUT2D eigenvalue weighted by Gasteiger charge is 2.24. The largest absolute Gasteiger partial charge is 0.454 e. The monoisotopic (exact) mass is 354 g/mol. The third-order valence-corrected chi connectivity index (χ3v) is 4.94. The van der Waals surface area contributed by atoms with E-state index in [0.29, 0.717) is 13.3 Å². The van der Waals surface area contributed by atoms with Crippen LogP contribution in [0.5, 0.6) is 11.5 Å². The average molecular weight is 354 g/mol. The summed E-state index contributed by atoms with van der Waals surface area (Å²) in [6.45, 7) is 5.28. The van der Waals surface area contributed by atoms with Crippen LogP contribution in [0.2, 0.25) is 0 Å². The Hall–Kier alpha value is -2.73. The van der Waals surface area contributed by atoms with Crippen molar-refractivity contribution < 1.29 is 19.2 Å². The summed E-state index contributed by atoms with van der Waals surface area (Å²) in [6, 6.07) is 16.2. The molecule has 26 heavy (non-hydrogen) atoms. The highest BCUT2D eigenvalue weighted by molar-refractivity contribution is 5.74. The van der Waals surface area contributed by atoms with Crippen LogP contribution in [0.15, 0.2) is 48.5 Å². The number of rotatable bonds is 4. The van der Waals surface area contributed by atoms with E-state index in [0.717, 1.165) is 49.8 Å². The number of carbonyl (C=O) groups is 1. The molecule has 0 atom stereocenters. The van der Waals surface area contributed by atoms with E-state index < -0.39 is 0 Å². The SMILES string of the molecule is O=C(NCc1ccccc1)N1CC[NH+](Cc2ccc3c(c2)OCO3)CC1. The number of benzene rings is 2. The first kappa shape index (κ1) is 16.7. The molecule has 2 aliphatic rings. The Labute approximate surface area is 153 Å². The van der Waals surface area contributed by atoms with Crippen molar-refractivity contribution in [2.45, 2.75) is 13.1 Å². The fourth-order valence-corrected chi connectivity index (χ4v) is 3.43. The first-order valence-electron chi connectivity index (χ1n) is 9.07. The van der Waals surface area contributed by atoms with Gasteiger partial charge in [0.05, 0.1) is 26.2 Å². The molecule has 0 saturated carbocycles. The maximum Gasteiger partial charge on any atom is 0.318 e. The Morgan fingerprint density at radius 2 is 1.77 bits per heavy atom. The summed E-state index contributed by atoms with van der Waals surface area (Å²) in [5.74, 6) is 1.66. The molecule has 0 aliphatic carbocycles. The van der Waals surface area contributed by atoms with Crippen LogP contribution in [0.4, 0.5) is 4.79 Å². The van der Waals surface area contributed by atoms with Crippen LogP contribution in [-0.2, 0) is 13.1 Å². The molecule has 1 fully saturated rings. The summed E-state index contributed by atoms with van der Waals surface area (Å²) < 4.78 is 10.8. The molecule has 2 aliphatic heterocycles. The second-order valence-corrected chi connectivity index (χ2v) is 6.75. The molecule has 0 aromatic heterocycles. The van der Waals surface area contributed by atoms with E-state index in [1.54, 1.807) is 0 Å². The topological polar surface area (TPSA) is 55.2 Å². The molecule has 6 nitrogen and oxygen atoms in total. The normalized spacial score (nSPS) is 16.5. The lowest BCUT2D eigenvalue weighted by molar-refractivity contribution is -0.917. The zero-order chi connectivity index (χ0) is 17.8. The van der Waals surface area contributed by atoms with Crippen LogP contribution in [0.3, 0.4) is 0 Å². The zero-order valence-electron chi connectivity index (χ0n) is 14.7. The van der Waals surface area contributed by atoms with Crippen molar-refractivity contribution >= 4 is 6.03 Å². The second kappa shape index (κ2) is 7.66. The number of nitrogens with zero attached hydrogens (tertiary/aromatic N) is 1. The van der Waals surface area contributed by atoms with Crippen LogP contribution < -0.4 is 19.7 Å². The third-order valence-electron chi connectivity index (χ3n) is 4.94. The van der Waals surface area contributed by atoms with Crippen molar-refractivity contribution in [2.24, 2.45) is 0 Å². The quantitative estimate of drug-likeness (QED) is 0.862. The summed E-state index contributed by atoms with van der Waals surface area (Å²) >= 11 is 0. The molecule has 136 valence electrons. The van der Waals surface area contributed by atoms with Gasteiger partial charge in [-0.1, -0.05) is 30.3 Å². The van der Waals surface area contributed by atoms with Crippen LogP contribution >= 0.6 is 0 Å². The number of urea groups is 1. The molecule has 0 unspecified atom stereocenters. The number of fused-ring (bicyclic) bond motifs is 1. The van der Waals surface area contributed by atoms with Crippen LogP contribution in [0.25, 0.3) is 0 Å². The molecule has 2 aromatic carbocycles. The summed E-state index contributed by atoms with van der Waals surface area (Å²) in [5, 5.41) is 3.01. The van der Waals surface area contributed by atoms with Crippen LogP contribution in [0.1, 0.15) is 11.1 Å². The van der Waals surface area contributed by atoms with Crippen molar-refractivity contribution in [3.63, 3.8) is 0 Å². The van der Waals surface area contributed by atoms with Gasteiger partial charge in [-0.2, -0.15) is 0 Å². The minimum absolute atomic E-state index is 0.0241. The Morgan fingerprint density at radius 1 is 1.00 bits per heavy atom. The van der Waals surface area contributed by atoms with Gasteiger partial charge in [-0.25, -0.2) is 4.79 Å². The Balaban J connectivity index is 1.24. The van der Waals surface area contributed by atoms with Crippen LogP contribution in [0, 0.1) is 0 Å². The predicted octanol–water partition coefficient (Wildman–Crippen LogP) is 1.03. The van der Waals surface area contributed by atoms with E-state index in [-0.39, 0.29) is 6.03 Å². The van der Waals surface area contributed by atoms with Gasteiger partial charge in [0.15, 0.2) is 11.5 Å². The van der Waals surface area contributed by atoms with Gasteiger partial charge in [0, 0.05) is 12.1 Å². The van der Waals surface area contributed by atoms with E-state index in [4.69, 9.17) is 9.47 Å². The lowest BCUT2D eigenvalue weighted by atomic mass is 10.1. The number of hydrogen-bond donors (Lipinski definition) is 2. The number of carbonyl (C=O) groups excluding carboxylic acids is 1. The maximum absolute atomic E-state index is 12.3. The number of hydrogen-bond acceptors (Lipinski definition) is 3. The fraction of sp³-hybridized carbons (Fsp3) is 0.350. The molecular formula is C20H24N3O3+. The molecule has 0 radical (unpaired) electrons. The van der Waals surface area contributed by atoms with Crippen molar-refractivity contribution in [3.05, 3.63) is 59.7 Å². The van der Waals surface area contributed by atoms with Gasteiger partial charge >= 0.3 is 6.03 Å². The highest BCUT2D eigenvalue weighted by Crippen LogP contribution is 2.32. The van der Waals surface area contributed by atoms with E-state index in [1.807, 2.05) is 41.3 Å². The number of piperazine rings is 1. The molecule has 0 spiro atoms. The number of ether oxygens (including phenoxy) is 2. The van der Waals surface area contributed by atoms with Crippen molar-refractivity contribution in [3.8, 4) is 11.5 Å². The predicted molar refractivity (Wildman–Crippen MR) is 97.2 cm³/mol. The molecular weight excluding hydrogens is 330 g/mol. The molecule has 0 bridgehead atoms. The van der Waals surface area contributed by atoms with Gasteiger partial charge in [-0.15, -0.1) is 0 Å². The lowest BCUT2D eigenvalue weighted by Gasteiger charge is -2.32. The Bertz CT molecular complexity index is 758. The lowest BCUT2D eigenvalue weighted by Crippen LogP contribution is -3.13. The van der Waals surface area contributed by atoms with E-state index >= 15 is 0 Å². The van der Waals surface area contributed by atoms with Gasteiger partial charge in [-0.3, -0.25) is 0 Å². The first-order valence-corrected chi connectivity index (χ1v) is 9.07. The number of amides is 2. The van der Waals surface area contributed by atoms with Crippen molar-refractivity contribution in [1.82, 2.24) is 10.2 Å². The zero-order valence-corrected chi connectivity index (χ0v) is 14.7. The van der Waals surface area contributed by atoms with Gasteiger partial charge in [0.1, 0.15) is 6.54 Å². The summed E-state index contributed by atoms with van der Waals surface area (Å²) in [7, 11) is 0. The molecule has 2 heterocycles. The fourth-order valence-electron chi connectivity index (χ4n) is 3.43. The first-order chi connectivity index (χ1) is 12.8. The van der Waals surface area contributed by atoms with Gasteiger partial charge in [0.2, 0.25) is 6.79 Å².